The number of nitro benzene ring substituents is 1. The van der Waals surface area contributed by atoms with Gasteiger partial charge >= 0.3 is 0 Å². The van der Waals surface area contributed by atoms with Gasteiger partial charge in [-0.25, -0.2) is 0 Å². The monoisotopic (exact) mass is 327 g/mol. The predicted octanol–water partition coefficient (Wildman–Crippen LogP) is 3.17. The second-order valence-electron chi connectivity index (χ2n) is 5.03. The first-order valence-electron chi connectivity index (χ1n) is 6.37. The lowest BCUT2D eigenvalue weighted by atomic mass is 10.1. The summed E-state index contributed by atoms with van der Waals surface area (Å²) in [5, 5.41) is 14.2. The summed E-state index contributed by atoms with van der Waals surface area (Å²) in [7, 11) is 2.13. The van der Waals surface area contributed by atoms with Gasteiger partial charge in [0.25, 0.3) is 5.69 Å². The van der Waals surface area contributed by atoms with Crippen molar-refractivity contribution in [1.29, 1.82) is 0 Å². The van der Waals surface area contributed by atoms with Gasteiger partial charge in [0, 0.05) is 34.4 Å². The molecule has 1 aliphatic heterocycles. The van der Waals surface area contributed by atoms with Crippen LogP contribution in [0.5, 0.6) is 0 Å². The van der Waals surface area contributed by atoms with Crippen molar-refractivity contribution < 1.29 is 4.92 Å². The molecule has 104 valence electrons. The predicted molar refractivity (Wildman–Crippen MR) is 79.7 cm³/mol. The zero-order valence-corrected chi connectivity index (χ0v) is 12.7. The van der Waals surface area contributed by atoms with Crippen molar-refractivity contribution in [3.63, 3.8) is 0 Å². The second-order valence-corrected chi connectivity index (χ2v) is 5.89. The zero-order chi connectivity index (χ0) is 14.0. The van der Waals surface area contributed by atoms with Crippen LogP contribution in [0, 0.1) is 17.0 Å². The molecule has 1 heterocycles. The van der Waals surface area contributed by atoms with E-state index in [-0.39, 0.29) is 10.6 Å². The molecule has 0 amide bonds. The van der Waals surface area contributed by atoms with E-state index in [2.05, 4.69) is 33.2 Å². The molecular weight excluding hydrogens is 310 g/mol. The number of anilines is 1. The third-order valence-corrected chi connectivity index (χ3v) is 4.34. The van der Waals surface area contributed by atoms with Crippen LogP contribution in [0.3, 0.4) is 0 Å². The molecule has 1 aromatic rings. The van der Waals surface area contributed by atoms with Gasteiger partial charge in [0.15, 0.2) is 0 Å². The number of halogens is 1. The minimum atomic E-state index is -0.353. The van der Waals surface area contributed by atoms with Crippen LogP contribution < -0.4 is 5.32 Å². The molecule has 1 aromatic carbocycles. The van der Waals surface area contributed by atoms with Gasteiger partial charge < -0.3 is 10.2 Å². The number of hydrogen-bond acceptors (Lipinski definition) is 4. The average Bonchev–Trinajstić information content (AvgIpc) is 2.75. The van der Waals surface area contributed by atoms with E-state index >= 15 is 0 Å². The Morgan fingerprint density at radius 3 is 2.89 bits per heavy atom. The molecule has 1 saturated heterocycles. The zero-order valence-electron chi connectivity index (χ0n) is 11.1. The van der Waals surface area contributed by atoms with Gasteiger partial charge in [-0.15, -0.1) is 0 Å². The summed E-state index contributed by atoms with van der Waals surface area (Å²) in [5.41, 5.74) is 1.74. The van der Waals surface area contributed by atoms with E-state index in [4.69, 9.17) is 0 Å². The molecule has 1 aliphatic rings. The fraction of sp³-hybridized carbons (Fsp3) is 0.538. The summed E-state index contributed by atoms with van der Waals surface area (Å²) >= 11 is 3.39. The maximum absolute atomic E-state index is 10.9. The lowest BCUT2D eigenvalue weighted by molar-refractivity contribution is -0.385. The average molecular weight is 328 g/mol. The highest BCUT2D eigenvalue weighted by molar-refractivity contribution is 9.10. The maximum atomic E-state index is 10.9. The second kappa shape index (κ2) is 5.88. The van der Waals surface area contributed by atoms with Gasteiger partial charge in [-0.1, -0.05) is 0 Å². The summed E-state index contributed by atoms with van der Waals surface area (Å²) in [5.74, 6) is 0. The summed E-state index contributed by atoms with van der Waals surface area (Å²) in [6.07, 6.45) is 2.44. The molecule has 0 aromatic heterocycles. The molecule has 2 rings (SSSR count). The number of likely N-dealkylation sites (N-methyl/N-ethyl adjacent to an activating group) is 1. The van der Waals surface area contributed by atoms with Crippen molar-refractivity contribution in [2.45, 2.75) is 25.8 Å². The number of nitrogens with zero attached hydrogens (tertiary/aromatic N) is 2. The van der Waals surface area contributed by atoms with Gasteiger partial charge in [-0.05, 0) is 55.4 Å². The van der Waals surface area contributed by atoms with E-state index in [1.165, 1.54) is 12.8 Å². The summed E-state index contributed by atoms with van der Waals surface area (Å²) < 4.78 is 0.741. The standard InChI is InChI=1S/C13H18BrN3O2/c1-9-6-12(11(14)7-13(9)17(18)19)15-8-10-4-3-5-16(10)2/h6-7,10,15H,3-5,8H2,1-2H3. The van der Waals surface area contributed by atoms with E-state index in [1.54, 1.807) is 13.0 Å². The fourth-order valence-corrected chi connectivity index (χ4v) is 2.94. The van der Waals surface area contributed by atoms with Crippen molar-refractivity contribution in [3.8, 4) is 0 Å². The van der Waals surface area contributed by atoms with Crippen molar-refractivity contribution >= 4 is 27.3 Å². The Morgan fingerprint density at radius 2 is 2.32 bits per heavy atom. The van der Waals surface area contributed by atoms with Gasteiger partial charge in [0.05, 0.1) is 4.92 Å². The number of benzene rings is 1. The maximum Gasteiger partial charge on any atom is 0.273 e. The first-order valence-corrected chi connectivity index (χ1v) is 7.17. The molecule has 6 heteroatoms. The molecular formula is C13H18BrN3O2. The highest BCUT2D eigenvalue weighted by atomic mass is 79.9. The minimum absolute atomic E-state index is 0.149. The van der Waals surface area contributed by atoms with E-state index < -0.39 is 0 Å². The van der Waals surface area contributed by atoms with E-state index in [1.807, 2.05) is 6.07 Å². The fourth-order valence-electron chi connectivity index (χ4n) is 2.47. The minimum Gasteiger partial charge on any atom is -0.383 e. The van der Waals surface area contributed by atoms with Gasteiger partial charge in [0.2, 0.25) is 0 Å². The Balaban J connectivity index is 2.08. The number of hydrogen-bond donors (Lipinski definition) is 1. The largest absolute Gasteiger partial charge is 0.383 e. The lowest BCUT2D eigenvalue weighted by Gasteiger charge is -2.21. The van der Waals surface area contributed by atoms with Crippen LogP contribution in [0.25, 0.3) is 0 Å². The van der Waals surface area contributed by atoms with Gasteiger partial charge in [-0.3, -0.25) is 10.1 Å². The van der Waals surface area contributed by atoms with Crippen LogP contribution in [0.2, 0.25) is 0 Å². The number of aryl methyl sites for hydroxylation is 1. The van der Waals surface area contributed by atoms with Crippen LogP contribution in [0.1, 0.15) is 18.4 Å². The highest BCUT2D eigenvalue weighted by Crippen LogP contribution is 2.31. The van der Waals surface area contributed by atoms with Crippen molar-refractivity contribution in [2.24, 2.45) is 0 Å². The molecule has 0 radical (unpaired) electrons. The van der Waals surface area contributed by atoms with Crippen molar-refractivity contribution in [1.82, 2.24) is 4.90 Å². The van der Waals surface area contributed by atoms with Gasteiger partial charge in [0.1, 0.15) is 0 Å². The molecule has 0 aliphatic carbocycles. The quantitative estimate of drug-likeness (QED) is 0.681. The van der Waals surface area contributed by atoms with E-state index in [9.17, 15) is 10.1 Å². The summed E-state index contributed by atoms with van der Waals surface area (Å²) in [6.45, 7) is 3.77. The summed E-state index contributed by atoms with van der Waals surface area (Å²) in [6, 6.07) is 3.94. The lowest BCUT2D eigenvalue weighted by Crippen LogP contribution is -2.31. The summed E-state index contributed by atoms with van der Waals surface area (Å²) in [4.78, 5) is 12.8. The van der Waals surface area contributed by atoms with E-state index in [0.717, 1.165) is 23.2 Å². The molecule has 1 fully saturated rings. The first kappa shape index (κ1) is 14.3. The SMILES string of the molecule is Cc1cc(NCC2CCCN2C)c(Br)cc1[N+](=O)[O-]. The number of nitrogens with one attached hydrogen (secondary N) is 1. The van der Waals surface area contributed by atoms with Crippen LogP contribution >= 0.6 is 15.9 Å². The molecule has 0 saturated carbocycles. The Labute approximate surface area is 121 Å². The third kappa shape index (κ3) is 3.25. The molecule has 1 atom stereocenters. The normalized spacial score (nSPS) is 19.6. The molecule has 1 N–H and O–H groups in total. The molecule has 1 unspecified atom stereocenters. The Morgan fingerprint density at radius 1 is 1.58 bits per heavy atom. The Hall–Kier alpha value is -1.14. The van der Waals surface area contributed by atoms with Crippen LogP contribution in [0.4, 0.5) is 11.4 Å². The Bertz CT molecular complexity index is 493. The number of nitro groups is 1. The smallest absolute Gasteiger partial charge is 0.273 e. The molecule has 19 heavy (non-hydrogen) atoms. The molecule has 0 spiro atoms. The van der Waals surface area contributed by atoms with Crippen LogP contribution in [-0.4, -0.2) is 36.0 Å². The first-order chi connectivity index (χ1) is 8.99. The molecule has 5 nitrogen and oxygen atoms in total. The van der Waals surface area contributed by atoms with Crippen LogP contribution in [-0.2, 0) is 0 Å². The topological polar surface area (TPSA) is 58.4 Å². The van der Waals surface area contributed by atoms with Crippen molar-refractivity contribution in [3.05, 3.63) is 32.3 Å². The number of likely N-dealkylation sites (tertiary alicyclic amines) is 1. The van der Waals surface area contributed by atoms with Crippen molar-refractivity contribution in [2.75, 3.05) is 25.5 Å². The number of rotatable bonds is 4. The highest BCUT2D eigenvalue weighted by Gasteiger charge is 2.21. The molecule has 0 bridgehead atoms. The van der Waals surface area contributed by atoms with Gasteiger partial charge in [-0.2, -0.15) is 0 Å². The van der Waals surface area contributed by atoms with E-state index in [0.29, 0.717) is 11.6 Å². The van der Waals surface area contributed by atoms with Crippen LogP contribution in [0.15, 0.2) is 16.6 Å². The third-order valence-electron chi connectivity index (χ3n) is 3.68. The Kier molecular flexibility index (Phi) is 4.42.